The number of methoxy groups -OCH3 is 1. The monoisotopic (exact) mass is 441 g/mol. The highest BCUT2D eigenvalue weighted by Gasteiger charge is 2.16. The highest BCUT2D eigenvalue weighted by atomic mass is 32.1. The first kappa shape index (κ1) is 21.8. The summed E-state index contributed by atoms with van der Waals surface area (Å²) < 4.78 is 10.1. The quantitative estimate of drug-likeness (QED) is 0.506. The van der Waals surface area contributed by atoms with Gasteiger partial charge < -0.3 is 20.1 Å². The summed E-state index contributed by atoms with van der Waals surface area (Å²) in [5.74, 6) is -0.942. The van der Waals surface area contributed by atoms with E-state index < -0.39 is 24.4 Å². The maximum absolute atomic E-state index is 12.1. The minimum Gasteiger partial charge on any atom is -0.495 e. The molecule has 0 atom stereocenters. The molecule has 2 N–H and O–H groups in total. The third-order valence-corrected chi connectivity index (χ3v) is 4.72. The molecule has 0 unspecified atom stereocenters. The molecule has 0 saturated carbocycles. The molecule has 2 heterocycles. The van der Waals surface area contributed by atoms with E-state index >= 15 is 0 Å². The number of carbonyl (C=O) groups excluding carboxylic acids is 3. The smallest absolute Gasteiger partial charge is 0.358 e. The number of ether oxygens (including phenoxy) is 2. The molecule has 0 aliphatic rings. The van der Waals surface area contributed by atoms with Gasteiger partial charge in [0.25, 0.3) is 5.91 Å². The Balaban J connectivity index is 1.45. The Kier molecular flexibility index (Phi) is 7.22. The lowest BCUT2D eigenvalue weighted by Crippen LogP contribution is -2.35. The zero-order valence-electron chi connectivity index (χ0n) is 16.7. The number of esters is 1. The largest absolute Gasteiger partial charge is 0.495 e. The normalized spacial score (nSPS) is 10.3. The van der Waals surface area contributed by atoms with Gasteiger partial charge in [0.15, 0.2) is 23.1 Å². The lowest BCUT2D eigenvalue weighted by Gasteiger charge is -2.11. The molecule has 160 valence electrons. The van der Waals surface area contributed by atoms with Gasteiger partial charge in [-0.25, -0.2) is 19.7 Å². The van der Waals surface area contributed by atoms with Crippen molar-refractivity contribution in [3.05, 3.63) is 53.3 Å². The summed E-state index contributed by atoms with van der Waals surface area (Å²) in [5, 5.41) is 7.00. The molecule has 0 fully saturated rings. The highest BCUT2D eigenvalue weighted by molar-refractivity contribution is 7.13. The van der Waals surface area contributed by atoms with E-state index in [1.54, 1.807) is 30.6 Å². The molecule has 0 saturated heterocycles. The van der Waals surface area contributed by atoms with Gasteiger partial charge in [-0.15, -0.1) is 11.3 Å². The summed E-state index contributed by atoms with van der Waals surface area (Å²) in [5.41, 5.74) is 1.48. The van der Waals surface area contributed by atoms with Crippen LogP contribution in [-0.2, 0) is 14.3 Å². The molecule has 0 aliphatic carbocycles. The average molecular weight is 441 g/mol. The van der Waals surface area contributed by atoms with E-state index in [9.17, 15) is 14.4 Å². The van der Waals surface area contributed by atoms with E-state index in [-0.39, 0.29) is 12.2 Å². The molecule has 1 aromatic carbocycles. The minimum absolute atomic E-state index is 0.0459. The Labute approximate surface area is 181 Å². The van der Waals surface area contributed by atoms with Crippen LogP contribution in [0.1, 0.15) is 16.1 Å². The number of anilines is 1. The van der Waals surface area contributed by atoms with E-state index in [0.717, 1.165) is 5.56 Å². The number of thiazole rings is 1. The second-order valence-electron chi connectivity index (χ2n) is 6.22. The van der Waals surface area contributed by atoms with Crippen LogP contribution in [0.25, 0.3) is 10.8 Å². The number of rotatable bonds is 8. The van der Waals surface area contributed by atoms with Gasteiger partial charge in [-0.1, -0.05) is 6.07 Å². The maximum atomic E-state index is 12.1. The van der Waals surface area contributed by atoms with Gasteiger partial charge in [0.2, 0.25) is 5.91 Å². The molecular formula is C20H19N5O5S. The minimum atomic E-state index is -0.762. The van der Waals surface area contributed by atoms with Crippen molar-refractivity contribution in [3.63, 3.8) is 0 Å². The van der Waals surface area contributed by atoms with Crippen LogP contribution in [0.15, 0.2) is 42.0 Å². The molecule has 0 spiro atoms. The zero-order chi connectivity index (χ0) is 22.2. The van der Waals surface area contributed by atoms with Crippen molar-refractivity contribution in [1.82, 2.24) is 20.3 Å². The number of aromatic nitrogens is 3. The van der Waals surface area contributed by atoms with Crippen LogP contribution < -0.4 is 15.4 Å². The number of nitrogens with one attached hydrogen (secondary N) is 2. The predicted octanol–water partition coefficient (Wildman–Crippen LogP) is 1.83. The summed E-state index contributed by atoms with van der Waals surface area (Å²) in [6.07, 6.45) is 3.13. The topological polar surface area (TPSA) is 132 Å². The lowest BCUT2D eigenvalue weighted by molar-refractivity contribution is -0.126. The molecular weight excluding hydrogens is 422 g/mol. The first-order valence-electron chi connectivity index (χ1n) is 9.07. The molecule has 10 nitrogen and oxygen atoms in total. The Morgan fingerprint density at radius 3 is 2.65 bits per heavy atom. The summed E-state index contributed by atoms with van der Waals surface area (Å²) in [4.78, 5) is 48.3. The fraction of sp³-hybridized carbons (Fsp3) is 0.200. The van der Waals surface area contributed by atoms with Gasteiger partial charge in [-0.05, 0) is 30.7 Å². The second-order valence-corrected chi connectivity index (χ2v) is 7.07. The van der Waals surface area contributed by atoms with Crippen LogP contribution in [0.4, 0.5) is 5.69 Å². The van der Waals surface area contributed by atoms with Gasteiger partial charge in [-0.3, -0.25) is 9.59 Å². The number of nitrogens with zero attached hydrogens (tertiary/aromatic N) is 3. The van der Waals surface area contributed by atoms with Crippen LogP contribution in [0.3, 0.4) is 0 Å². The summed E-state index contributed by atoms with van der Waals surface area (Å²) in [6.45, 7) is 1.04. The highest BCUT2D eigenvalue weighted by Crippen LogP contribution is 2.25. The predicted molar refractivity (Wildman–Crippen MR) is 113 cm³/mol. The van der Waals surface area contributed by atoms with E-state index in [1.165, 1.54) is 23.8 Å². The van der Waals surface area contributed by atoms with Crippen molar-refractivity contribution in [2.75, 3.05) is 25.6 Å². The van der Waals surface area contributed by atoms with Gasteiger partial charge in [-0.2, -0.15) is 0 Å². The Morgan fingerprint density at radius 1 is 1.13 bits per heavy atom. The molecule has 3 aromatic rings. The number of benzene rings is 1. The van der Waals surface area contributed by atoms with Crippen molar-refractivity contribution < 1.29 is 23.9 Å². The molecule has 11 heteroatoms. The Hall–Kier alpha value is -3.86. The molecule has 2 amide bonds. The third-order valence-electron chi connectivity index (χ3n) is 3.88. The van der Waals surface area contributed by atoms with E-state index in [0.29, 0.717) is 22.3 Å². The summed E-state index contributed by atoms with van der Waals surface area (Å²) in [6, 6.07) is 7.01. The van der Waals surface area contributed by atoms with E-state index in [1.807, 2.05) is 13.0 Å². The van der Waals surface area contributed by atoms with Crippen LogP contribution >= 0.6 is 11.3 Å². The van der Waals surface area contributed by atoms with Crippen molar-refractivity contribution in [2.24, 2.45) is 0 Å². The first-order valence-corrected chi connectivity index (χ1v) is 9.95. The zero-order valence-corrected chi connectivity index (χ0v) is 17.6. The van der Waals surface area contributed by atoms with Crippen LogP contribution in [0.5, 0.6) is 5.75 Å². The lowest BCUT2D eigenvalue weighted by atomic mass is 10.2. The molecule has 0 bridgehead atoms. The standard InChI is InChI=1S/C20H19N5O5S/c1-12-4-5-15(29-2)13(8-12)24-16(26)9-23-17(27)10-30-20(28)14-11-31-19(25-14)18-21-6-3-7-22-18/h3-8,11H,9-10H2,1-2H3,(H,23,27)(H,24,26). The number of amides is 2. The van der Waals surface area contributed by atoms with Gasteiger partial charge in [0.05, 0.1) is 19.3 Å². The SMILES string of the molecule is COc1ccc(C)cc1NC(=O)CNC(=O)COC(=O)c1csc(-c2ncccn2)n1. The van der Waals surface area contributed by atoms with E-state index in [4.69, 9.17) is 9.47 Å². The average Bonchev–Trinajstić information content (AvgIpc) is 3.27. The van der Waals surface area contributed by atoms with Gasteiger partial charge in [0.1, 0.15) is 5.75 Å². The van der Waals surface area contributed by atoms with Crippen LogP contribution in [0.2, 0.25) is 0 Å². The summed E-state index contributed by atoms with van der Waals surface area (Å²) >= 11 is 1.18. The Morgan fingerprint density at radius 2 is 1.90 bits per heavy atom. The third kappa shape index (κ3) is 6.06. The first-order chi connectivity index (χ1) is 15.0. The number of aryl methyl sites for hydroxylation is 1. The van der Waals surface area contributed by atoms with Crippen molar-refractivity contribution in [2.45, 2.75) is 6.92 Å². The Bertz CT molecular complexity index is 1090. The van der Waals surface area contributed by atoms with Gasteiger partial charge in [0, 0.05) is 17.8 Å². The molecule has 0 aliphatic heterocycles. The van der Waals surface area contributed by atoms with E-state index in [2.05, 4.69) is 25.6 Å². The number of hydrogen-bond acceptors (Lipinski definition) is 9. The molecule has 3 rings (SSSR count). The van der Waals surface area contributed by atoms with Crippen LogP contribution in [-0.4, -0.2) is 53.0 Å². The number of hydrogen-bond donors (Lipinski definition) is 2. The molecule has 2 aromatic heterocycles. The van der Waals surface area contributed by atoms with Crippen molar-refractivity contribution in [1.29, 1.82) is 0 Å². The van der Waals surface area contributed by atoms with Crippen molar-refractivity contribution in [3.8, 4) is 16.6 Å². The second kappa shape index (κ2) is 10.3. The van der Waals surface area contributed by atoms with Gasteiger partial charge >= 0.3 is 5.97 Å². The molecule has 31 heavy (non-hydrogen) atoms. The fourth-order valence-corrected chi connectivity index (χ4v) is 3.16. The number of carbonyl (C=O) groups is 3. The van der Waals surface area contributed by atoms with Crippen LogP contribution in [0, 0.1) is 6.92 Å². The van der Waals surface area contributed by atoms with Crippen molar-refractivity contribution >= 4 is 34.8 Å². The maximum Gasteiger partial charge on any atom is 0.358 e. The molecule has 0 radical (unpaired) electrons. The summed E-state index contributed by atoms with van der Waals surface area (Å²) in [7, 11) is 1.49. The fourth-order valence-electron chi connectivity index (χ4n) is 2.43.